The third-order valence-corrected chi connectivity index (χ3v) is 5.15. The summed E-state index contributed by atoms with van der Waals surface area (Å²) in [5.74, 6) is 1.19. The molecule has 3 heteroatoms. The van der Waals surface area contributed by atoms with Crippen LogP contribution in [0.2, 0.25) is 0 Å². The molecule has 0 aliphatic heterocycles. The Morgan fingerprint density at radius 1 is 1.32 bits per heavy atom. The summed E-state index contributed by atoms with van der Waals surface area (Å²) in [7, 11) is 0. The Labute approximate surface area is 126 Å². The van der Waals surface area contributed by atoms with E-state index in [4.69, 9.17) is 0 Å². The van der Waals surface area contributed by atoms with Gasteiger partial charge in [-0.25, -0.2) is 0 Å². The Kier molecular flexibility index (Phi) is 6.73. The van der Waals surface area contributed by atoms with Crippen LogP contribution in [0.15, 0.2) is 29.8 Å². The first-order valence-corrected chi connectivity index (χ1v) is 8.02. The van der Waals surface area contributed by atoms with Crippen molar-refractivity contribution in [2.45, 2.75) is 32.9 Å². The summed E-state index contributed by atoms with van der Waals surface area (Å²) in [5, 5.41) is 0.422. The summed E-state index contributed by atoms with van der Waals surface area (Å²) in [6.07, 6.45) is 1.95. The van der Waals surface area contributed by atoms with E-state index in [1.807, 2.05) is 25.1 Å². The molecular weight excluding hydrogens is 272 g/mol. The van der Waals surface area contributed by atoms with E-state index in [-0.39, 0.29) is 10.4 Å². The second-order valence-electron chi connectivity index (χ2n) is 5.11. The van der Waals surface area contributed by atoms with Gasteiger partial charge in [-0.2, -0.15) is 12.6 Å². The number of rotatable bonds is 5. The molecule has 0 aliphatic carbocycles. The zero-order valence-electron chi connectivity index (χ0n) is 12.0. The maximum atomic E-state index is 12.1. The van der Waals surface area contributed by atoms with Crippen LogP contribution in [-0.2, 0) is 4.79 Å². The first-order valence-electron chi connectivity index (χ1n) is 6.51. The first-order chi connectivity index (χ1) is 8.93. The van der Waals surface area contributed by atoms with Gasteiger partial charge >= 0.3 is 0 Å². The van der Waals surface area contributed by atoms with E-state index < -0.39 is 0 Å². The van der Waals surface area contributed by atoms with E-state index in [9.17, 15) is 4.79 Å². The van der Waals surface area contributed by atoms with Crippen molar-refractivity contribution >= 4 is 35.6 Å². The van der Waals surface area contributed by atoms with Crippen molar-refractivity contribution in [2.75, 3.05) is 5.75 Å². The number of carbonyl (C=O) groups is 1. The van der Waals surface area contributed by atoms with Gasteiger partial charge in [0, 0.05) is 16.6 Å². The molecule has 0 spiro atoms. The predicted molar refractivity (Wildman–Crippen MR) is 89.9 cm³/mol. The average Bonchev–Trinajstić information content (AvgIpc) is 2.37. The van der Waals surface area contributed by atoms with Gasteiger partial charge in [-0.15, -0.1) is 0 Å². The second-order valence-corrected chi connectivity index (χ2v) is 6.69. The van der Waals surface area contributed by atoms with Crippen molar-refractivity contribution in [3.05, 3.63) is 41.0 Å². The molecule has 0 aliphatic rings. The fourth-order valence-corrected chi connectivity index (χ4v) is 3.10. The fraction of sp³-hybridized carbons (Fsp3) is 0.438. The van der Waals surface area contributed by atoms with Gasteiger partial charge in [-0.05, 0) is 31.4 Å². The van der Waals surface area contributed by atoms with Gasteiger partial charge in [0.05, 0.1) is 0 Å². The third-order valence-electron chi connectivity index (χ3n) is 2.96. The zero-order valence-corrected chi connectivity index (χ0v) is 13.7. The summed E-state index contributed by atoms with van der Waals surface area (Å²) in [4.78, 5) is 12.1. The molecule has 0 bridgehead atoms. The number of hydrogen-bond acceptors (Lipinski definition) is 3. The van der Waals surface area contributed by atoms with Crippen molar-refractivity contribution in [3.8, 4) is 0 Å². The molecule has 1 nitrogen and oxygen atoms in total. The molecule has 1 unspecified atom stereocenters. The lowest BCUT2D eigenvalue weighted by molar-refractivity contribution is -0.107. The Balaban J connectivity index is 2.73. The summed E-state index contributed by atoms with van der Waals surface area (Å²) >= 11 is 5.72. The lowest BCUT2D eigenvalue weighted by atomic mass is 10.1. The van der Waals surface area contributed by atoms with Crippen LogP contribution in [0.4, 0.5) is 0 Å². The number of hydrogen-bond donors (Lipinski definition) is 1. The molecule has 0 saturated heterocycles. The molecular formula is C16H22OS2. The van der Waals surface area contributed by atoms with Gasteiger partial charge in [0.1, 0.15) is 0 Å². The molecule has 19 heavy (non-hydrogen) atoms. The van der Waals surface area contributed by atoms with E-state index in [1.54, 1.807) is 0 Å². The molecule has 104 valence electrons. The molecule has 1 aromatic carbocycles. The molecule has 0 fully saturated rings. The van der Waals surface area contributed by atoms with Crippen molar-refractivity contribution in [3.63, 3.8) is 0 Å². The molecule has 0 radical (unpaired) electrons. The van der Waals surface area contributed by atoms with Gasteiger partial charge in [0.2, 0.25) is 5.12 Å². The van der Waals surface area contributed by atoms with Crippen LogP contribution in [0, 0.1) is 12.8 Å². The molecule has 0 aromatic heterocycles. The third kappa shape index (κ3) is 5.45. The maximum absolute atomic E-state index is 12.1. The second kappa shape index (κ2) is 7.81. The van der Waals surface area contributed by atoms with E-state index in [0.29, 0.717) is 5.92 Å². The molecule has 0 amide bonds. The molecule has 1 aromatic rings. The number of thiol groups is 1. The number of carbonyl (C=O) groups excluding carboxylic acids is 1. The highest BCUT2D eigenvalue weighted by molar-refractivity contribution is 8.15. The van der Waals surface area contributed by atoms with Crippen molar-refractivity contribution in [1.29, 1.82) is 0 Å². The van der Waals surface area contributed by atoms with Crippen LogP contribution in [0.3, 0.4) is 0 Å². The highest BCUT2D eigenvalue weighted by Gasteiger charge is 2.17. The van der Waals surface area contributed by atoms with Crippen LogP contribution in [0.25, 0.3) is 6.08 Å². The SMILES string of the molecule is C/C(=C\c1ccc(C)cc1)C(=O)SC(CS)C(C)C. The average molecular weight is 294 g/mol. The van der Waals surface area contributed by atoms with Gasteiger partial charge in [0.25, 0.3) is 0 Å². The minimum atomic E-state index is 0.147. The topological polar surface area (TPSA) is 17.1 Å². The van der Waals surface area contributed by atoms with E-state index in [0.717, 1.165) is 16.9 Å². The van der Waals surface area contributed by atoms with E-state index in [1.165, 1.54) is 17.3 Å². The Morgan fingerprint density at radius 2 is 1.89 bits per heavy atom. The van der Waals surface area contributed by atoms with E-state index >= 15 is 0 Å². The van der Waals surface area contributed by atoms with Crippen molar-refractivity contribution in [1.82, 2.24) is 0 Å². The minimum absolute atomic E-state index is 0.147. The fourth-order valence-electron chi connectivity index (χ4n) is 1.59. The molecule has 0 heterocycles. The summed E-state index contributed by atoms with van der Waals surface area (Å²) in [6, 6.07) is 8.19. The monoisotopic (exact) mass is 294 g/mol. The number of thioether (sulfide) groups is 1. The molecule has 0 N–H and O–H groups in total. The Morgan fingerprint density at radius 3 is 2.37 bits per heavy atom. The van der Waals surface area contributed by atoms with Crippen LogP contribution in [0.5, 0.6) is 0 Å². The standard InChI is InChI=1S/C16H22OS2/c1-11(2)15(10-18)19-16(17)13(4)9-14-7-5-12(3)6-8-14/h5-9,11,15,18H,10H2,1-4H3/b13-9+. The van der Waals surface area contributed by atoms with Gasteiger partial charge in [-0.1, -0.05) is 55.4 Å². The largest absolute Gasteiger partial charge is 0.282 e. The lowest BCUT2D eigenvalue weighted by Gasteiger charge is -2.16. The normalized spacial score (nSPS) is 13.7. The van der Waals surface area contributed by atoms with Crippen molar-refractivity contribution < 1.29 is 4.79 Å². The van der Waals surface area contributed by atoms with Crippen LogP contribution in [-0.4, -0.2) is 16.1 Å². The molecule has 1 atom stereocenters. The lowest BCUT2D eigenvalue weighted by Crippen LogP contribution is -2.16. The van der Waals surface area contributed by atoms with Crippen LogP contribution < -0.4 is 0 Å². The van der Waals surface area contributed by atoms with Crippen molar-refractivity contribution in [2.24, 2.45) is 5.92 Å². The minimum Gasteiger partial charge on any atom is -0.282 e. The number of aryl methyl sites for hydroxylation is 1. The summed E-state index contributed by atoms with van der Waals surface area (Å²) in [5.41, 5.74) is 3.09. The maximum Gasteiger partial charge on any atom is 0.215 e. The molecule has 1 rings (SSSR count). The van der Waals surface area contributed by atoms with Crippen LogP contribution >= 0.6 is 24.4 Å². The zero-order chi connectivity index (χ0) is 14.4. The van der Waals surface area contributed by atoms with E-state index in [2.05, 4.69) is 45.5 Å². The Hall–Kier alpha value is -0.670. The molecule has 0 saturated carbocycles. The van der Waals surface area contributed by atoms with Crippen LogP contribution in [0.1, 0.15) is 31.9 Å². The predicted octanol–water partition coefficient (Wildman–Crippen LogP) is 4.61. The smallest absolute Gasteiger partial charge is 0.215 e. The Bertz CT molecular complexity index is 446. The first kappa shape index (κ1) is 16.4. The number of benzene rings is 1. The highest BCUT2D eigenvalue weighted by atomic mass is 32.2. The summed E-state index contributed by atoms with van der Waals surface area (Å²) in [6.45, 7) is 8.19. The summed E-state index contributed by atoms with van der Waals surface area (Å²) < 4.78 is 0. The quantitative estimate of drug-likeness (QED) is 0.631. The van der Waals surface area contributed by atoms with Gasteiger partial charge < -0.3 is 0 Å². The van der Waals surface area contributed by atoms with Gasteiger partial charge in [0.15, 0.2) is 0 Å². The van der Waals surface area contributed by atoms with Gasteiger partial charge in [-0.3, -0.25) is 4.79 Å². The highest BCUT2D eigenvalue weighted by Crippen LogP contribution is 2.25.